The van der Waals surface area contributed by atoms with Crippen LogP contribution in [0.2, 0.25) is 0 Å². The van der Waals surface area contributed by atoms with Gasteiger partial charge in [-0.25, -0.2) is 9.38 Å². The minimum absolute atomic E-state index is 0.0192. The van der Waals surface area contributed by atoms with Gasteiger partial charge in [0.15, 0.2) is 0 Å². The number of carbonyl (C=O) groups excluding carboxylic acids is 2. The van der Waals surface area contributed by atoms with Gasteiger partial charge in [0.2, 0.25) is 0 Å². The smallest absolute Gasteiger partial charge is 0.257 e. The third-order valence-electron chi connectivity index (χ3n) is 6.17. The summed E-state index contributed by atoms with van der Waals surface area (Å²) in [6.07, 6.45) is 1.68. The molecule has 0 bridgehead atoms. The molecule has 3 rings (SSSR count). The third-order valence-corrected chi connectivity index (χ3v) is 7.19. The fourth-order valence-corrected chi connectivity index (χ4v) is 5.12. The number of carbonyl (C=O) groups is 2. The molecule has 0 saturated carbocycles. The fourth-order valence-electron chi connectivity index (χ4n) is 4.09. The first-order valence-corrected chi connectivity index (χ1v) is 13.4. The molecule has 1 aromatic carbocycles. The Morgan fingerprint density at radius 1 is 1.18 bits per heavy atom. The minimum Gasteiger partial charge on any atom is -0.506 e. The number of halogens is 1. The summed E-state index contributed by atoms with van der Waals surface area (Å²) in [7, 11) is 0. The summed E-state index contributed by atoms with van der Waals surface area (Å²) in [5.74, 6) is -1.43. The Morgan fingerprint density at radius 3 is 2.55 bits per heavy atom. The number of hydrogen-bond donors (Lipinski definition) is 5. The molecule has 9 nitrogen and oxygen atoms in total. The molecule has 1 aliphatic rings. The second kappa shape index (κ2) is 13.4. The van der Waals surface area contributed by atoms with E-state index in [1.165, 1.54) is 18.2 Å². The van der Waals surface area contributed by atoms with Crippen LogP contribution in [0.1, 0.15) is 41.2 Å². The van der Waals surface area contributed by atoms with Crippen molar-refractivity contribution in [3.8, 4) is 0 Å². The number of aromatic amines is 1. The van der Waals surface area contributed by atoms with Crippen LogP contribution in [0.3, 0.4) is 0 Å². The average Bonchev–Trinajstić information content (AvgIpc) is 3.34. The lowest BCUT2D eigenvalue weighted by Crippen LogP contribution is -2.35. The topological polar surface area (TPSA) is 136 Å². The predicted octanol–water partition coefficient (Wildman–Crippen LogP) is 3.55. The zero-order chi connectivity index (χ0) is 27.8. The Balaban J connectivity index is 1.92. The Morgan fingerprint density at radius 2 is 1.89 bits per heavy atom. The molecule has 0 aliphatic carbocycles. The number of nitrogens with zero attached hydrogens (tertiary/aromatic N) is 2. The van der Waals surface area contributed by atoms with Gasteiger partial charge in [-0.2, -0.15) is 0 Å². The molecule has 204 valence electrons. The summed E-state index contributed by atoms with van der Waals surface area (Å²) >= 11 is 1.08. The lowest BCUT2D eigenvalue weighted by Gasteiger charge is -2.18. The van der Waals surface area contributed by atoms with Crippen molar-refractivity contribution in [2.75, 3.05) is 39.3 Å². The SMILES string of the molecule is CCN(CC)CCNC(=O)c1c(C)[nH]c(C=C2SC(=Nc3cccc(F)c3)C(C(=O)NCCN)=C2O)c1C. The summed E-state index contributed by atoms with van der Waals surface area (Å²) in [6.45, 7) is 11.4. The van der Waals surface area contributed by atoms with Gasteiger partial charge in [-0.05, 0) is 56.8 Å². The van der Waals surface area contributed by atoms with E-state index in [-0.39, 0.29) is 35.4 Å². The predicted molar refractivity (Wildman–Crippen MR) is 151 cm³/mol. The van der Waals surface area contributed by atoms with Crippen LogP contribution in [0.5, 0.6) is 0 Å². The Hall–Kier alpha value is -3.41. The summed E-state index contributed by atoms with van der Waals surface area (Å²) in [4.78, 5) is 36.0. The number of aliphatic imine (C=N–C) groups is 1. The van der Waals surface area contributed by atoms with Crippen LogP contribution in [-0.4, -0.2) is 71.1 Å². The van der Waals surface area contributed by atoms with Crippen molar-refractivity contribution in [2.45, 2.75) is 27.7 Å². The molecule has 11 heteroatoms. The van der Waals surface area contributed by atoms with E-state index in [0.717, 1.165) is 31.4 Å². The summed E-state index contributed by atoms with van der Waals surface area (Å²) < 4.78 is 13.7. The third kappa shape index (κ3) is 6.91. The molecule has 1 aliphatic heterocycles. The molecular formula is C27H35FN6O3S. The Bertz CT molecular complexity index is 1280. The summed E-state index contributed by atoms with van der Waals surface area (Å²) in [5.41, 5.74) is 8.37. The number of nitrogens with one attached hydrogen (secondary N) is 3. The number of aryl methyl sites for hydroxylation is 1. The van der Waals surface area contributed by atoms with Crippen LogP contribution in [-0.2, 0) is 4.79 Å². The molecule has 6 N–H and O–H groups in total. The molecule has 2 aromatic rings. The number of rotatable bonds is 11. The van der Waals surface area contributed by atoms with Gasteiger partial charge >= 0.3 is 0 Å². The highest BCUT2D eigenvalue weighted by Gasteiger charge is 2.32. The average molecular weight is 543 g/mol. The highest BCUT2D eigenvalue weighted by atomic mass is 32.2. The lowest BCUT2D eigenvalue weighted by atomic mass is 10.1. The first-order chi connectivity index (χ1) is 18.2. The maximum atomic E-state index is 13.7. The van der Waals surface area contributed by atoms with Crippen molar-refractivity contribution in [1.82, 2.24) is 20.5 Å². The van der Waals surface area contributed by atoms with Crippen LogP contribution in [0, 0.1) is 19.7 Å². The number of H-pyrrole nitrogens is 1. The van der Waals surface area contributed by atoms with Crippen LogP contribution in [0.4, 0.5) is 10.1 Å². The lowest BCUT2D eigenvalue weighted by molar-refractivity contribution is -0.117. The van der Waals surface area contributed by atoms with Gasteiger partial charge in [-0.1, -0.05) is 31.7 Å². The van der Waals surface area contributed by atoms with Crippen LogP contribution >= 0.6 is 11.8 Å². The van der Waals surface area contributed by atoms with E-state index < -0.39 is 11.7 Å². The van der Waals surface area contributed by atoms with Crippen molar-refractivity contribution >= 4 is 40.4 Å². The summed E-state index contributed by atoms with van der Waals surface area (Å²) in [6, 6.07) is 5.66. The highest BCUT2D eigenvalue weighted by molar-refractivity contribution is 8.18. The number of aromatic nitrogens is 1. The highest BCUT2D eigenvalue weighted by Crippen LogP contribution is 2.40. The number of aliphatic hydroxyl groups is 1. The number of hydrogen-bond acceptors (Lipinski definition) is 7. The van der Waals surface area contributed by atoms with Gasteiger partial charge in [0.1, 0.15) is 22.2 Å². The Labute approximate surface area is 226 Å². The maximum absolute atomic E-state index is 13.7. The van der Waals surface area contributed by atoms with E-state index in [9.17, 15) is 19.1 Å². The van der Waals surface area contributed by atoms with Crippen molar-refractivity contribution in [3.05, 3.63) is 68.8 Å². The van der Waals surface area contributed by atoms with E-state index in [0.29, 0.717) is 39.7 Å². The number of benzene rings is 1. The minimum atomic E-state index is -0.535. The number of nitrogens with two attached hydrogens (primary N) is 1. The monoisotopic (exact) mass is 542 g/mol. The normalized spacial score (nSPS) is 15.7. The Kier molecular flexibility index (Phi) is 10.3. The molecule has 2 amide bonds. The number of likely N-dealkylation sites (N-methyl/N-ethyl adjacent to an activating group) is 1. The summed E-state index contributed by atoms with van der Waals surface area (Å²) in [5, 5.41) is 16.9. The van der Waals surface area contributed by atoms with Gasteiger partial charge < -0.3 is 31.4 Å². The van der Waals surface area contributed by atoms with Gasteiger partial charge in [-0.15, -0.1) is 0 Å². The molecule has 0 radical (unpaired) electrons. The van der Waals surface area contributed by atoms with Crippen molar-refractivity contribution < 1.29 is 19.1 Å². The first kappa shape index (κ1) is 29.2. The largest absolute Gasteiger partial charge is 0.506 e. The van der Waals surface area contributed by atoms with Crippen molar-refractivity contribution in [2.24, 2.45) is 10.7 Å². The molecule has 0 spiro atoms. The molecule has 0 unspecified atom stereocenters. The van der Waals surface area contributed by atoms with Crippen molar-refractivity contribution in [1.29, 1.82) is 0 Å². The first-order valence-electron chi connectivity index (χ1n) is 12.6. The maximum Gasteiger partial charge on any atom is 0.257 e. The van der Waals surface area contributed by atoms with E-state index in [1.54, 1.807) is 12.1 Å². The quantitative estimate of drug-likeness (QED) is 0.295. The van der Waals surface area contributed by atoms with Gasteiger partial charge in [0.05, 0.1) is 16.2 Å². The molecule has 0 fully saturated rings. The molecule has 1 aromatic heterocycles. The number of aliphatic hydroxyl groups excluding tert-OH is 1. The van der Waals surface area contributed by atoms with E-state index in [1.807, 2.05) is 13.8 Å². The van der Waals surface area contributed by atoms with Crippen LogP contribution < -0.4 is 16.4 Å². The van der Waals surface area contributed by atoms with Gasteiger partial charge in [-0.3, -0.25) is 9.59 Å². The zero-order valence-corrected chi connectivity index (χ0v) is 23.0. The number of amides is 2. The molecule has 0 saturated heterocycles. The van der Waals surface area contributed by atoms with Gasteiger partial charge in [0.25, 0.3) is 11.8 Å². The fraction of sp³-hybridized carbons (Fsp3) is 0.370. The molecule has 0 atom stereocenters. The standard InChI is InChI=1S/C27H35FN6O3S/c1-5-34(6-2)13-12-31-25(36)22-16(3)20(32-17(22)4)15-21-24(35)23(26(37)30-11-10-29)27(38-21)33-19-9-7-8-18(28)14-19/h7-9,14-15,32,35H,5-6,10-13,29H2,1-4H3,(H,30,37)(H,31,36). The zero-order valence-electron chi connectivity index (χ0n) is 22.2. The second-order valence-electron chi connectivity index (χ2n) is 8.72. The van der Waals surface area contributed by atoms with E-state index in [2.05, 4.69) is 39.4 Å². The molecule has 2 heterocycles. The number of thioether (sulfide) groups is 1. The van der Waals surface area contributed by atoms with Crippen molar-refractivity contribution in [3.63, 3.8) is 0 Å². The van der Waals surface area contributed by atoms with Crippen LogP contribution in [0.25, 0.3) is 6.08 Å². The van der Waals surface area contributed by atoms with Gasteiger partial charge in [0, 0.05) is 37.6 Å². The molecule has 38 heavy (non-hydrogen) atoms. The van der Waals surface area contributed by atoms with E-state index >= 15 is 0 Å². The second-order valence-corrected chi connectivity index (χ2v) is 9.75. The van der Waals surface area contributed by atoms with Crippen LogP contribution in [0.15, 0.2) is 45.5 Å². The van der Waals surface area contributed by atoms with E-state index in [4.69, 9.17) is 5.73 Å². The molecular weight excluding hydrogens is 507 g/mol.